The summed E-state index contributed by atoms with van der Waals surface area (Å²) < 4.78 is 7.43. The van der Waals surface area contributed by atoms with Crippen LogP contribution in [0.2, 0.25) is 0 Å². The zero-order chi connectivity index (χ0) is 13.1. The molecule has 18 heavy (non-hydrogen) atoms. The van der Waals surface area contributed by atoms with Gasteiger partial charge in [0.15, 0.2) is 0 Å². The summed E-state index contributed by atoms with van der Waals surface area (Å²) in [6.07, 6.45) is 0. The summed E-state index contributed by atoms with van der Waals surface area (Å²) in [7, 11) is 1.61. The van der Waals surface area contributed by atoms with E-state index in [0.717, 1.165) is 15.8 Å². The Balaban J connectivity index is 2.25. The Labute approximate surface area is 128 Å². The van der Waals surface area contributed by atoms with Gasteiger partial charge in [-0.15, -0.1) is 0 Å². The van der Waals surface area contributed by atoms with Crippen molar-refractivity contribution >= 4 is 55.6 Å². The third kappa shape index (κ3) is 3.08. The molecule has 0 aromatic heterocycles. The average Bonchev–Trinajstić information content (AvgIpc) is 2.36. The van der Waals surface area contributed by atoms with E-state index in [9.17, 15) is 0 Å². The smallest absolute Gasteiger partial charge is 0.143 e. The number of rotatable bonds is 3. The Morgan fingerprint density at radius 2 is 1.83 bits per heavy atom. The Hall–Kier alpha value is -0.950. The average molecular weight is 419 g/mol. The van der Waals surface area contributed by atoms with Gasteiger partial charge < -0.3 is 15.8 Å². The predicted molar refractivity (Wildman–Crippen MR) is 87.5 cm³/mol. The van der Waals surface area contributed by atoms with E-state index in [4.69, 9.17) is 10.5 Å². The van der Waals surface area contributed by atoms with Crippen molar-refractivity contribution in [3.63, 3.8) is 0 Å². The molecule has 3 nitrogen and oxygen atoms in total. The van der Waals surface area contributed by atoms with Gasteiger partial charge in [-0.3, -0.25) is 0 Å². The summed E-state index contributed by atoms with van der Waals surface area (Å²) in [5.74, 6) is 0.671. The van der Waals surface area contributed by atoms with Crippen LogP contribution in [0.5, 0.6) is 5.75 Å². The molecule has 0 aliphatic rings. The third-order valence-electron chi connectivity index (χ3n) is 2.44. The minimum atomic E-state index is 0.631. The van der Waals surface area contributed by atoms with Crippen LogP contribution in [0.1, 0.15) is 0 Å². The zero-order valence-corrected chi connectivity index (χ0v) is 13.4. The molecule has 0 amide bonds. The number of anilines is 3. The van der Waals surface area contributed by atoms with Gasteiger partial charge in [0, 0.05) is 25.5 Å². The van der Waals surface area contributed by atoms with Crippen molar-refractivity contribution in [3.05, 3.63) is 44.4 Å². The maximum absolute atomic E-state index is 5.78. The highest BCUT2D eigenvalue weighted by molar-refractivity contribution is 14.1. The number of ether oxygens (including phenoxy) is 1. The summed E-state index contributed by atoms with van der Waals surface area (Å²) >= 11 is 5.78. The van der Waals surface area contributed by atoms with E-state index >= 15 is 0 Å². The third-order valence-corrected chi connectivity index (χ3v) is 4.78. The number of hydrogen-bond donors (Lipinski definition) is 2. The first kappa shape index (κ1) is 13.5. The molecule has 0 spiro atoms. The van der Waals surface area contributed by atoms with Gasteiger partial charge in [-0.05, 0) is 68.9 Å². The van der Waals surface area contributed by atoms with Crippen molar-refractivity contribution in [2.24, 2.45) is 0 Å². The first-order valence-corrected chi connectivity index (χ1v) is 7.13. The SMILES string of the molecule is COc1cc(Nc2ccc(I)c(Br)c2)ccc1N. The molecule has 2 rings (SSSR count). The Kier molecular flexibility index (Phi) is 4.34. The first-order chi connectivity index (χ1) is 8.60. The molecular formula is C13H12BrIN2O. The van der Waals surface area contributed by atoms with E-state index in [0.29, 0.717) is 11.4 Å². The predicted octanol–water partition coefficient (Wildman–Crippen LogP) is 4.39. The van der Waals surface area contributed by atoms with E-state index in [2.05, 4.69) is 43.8 Å². The number of halogens is 2. The van der Waals surface area contributed by atoms with Crippen LogP contribution in [-0.2, 0) is 0 Å². The second-order valence-electron chi connectivity index (χ2n) is 3.71. The van der Waals surface area contributed by atoms with Gasteiger partial charge in [0.2, 0.25) is 0 Å². The molecule has 0 heterocycles. The summed E-state index contributed by atoms with van der Waals surface area (Å²) in [6.45, 7) is 0. The quantitative estimate of drug-likeness (QED) is 0.574. The molecule has 0 atom stereocenters. The molecule has 0 saturated heterocycles. The van der Waals surface area contributed by atoms with Crippen molar-refractivity contribution < 1.29 is 4.74 Å². The van der Waals surface area contributed by atoms with Crippen LogP contribution in [0, 0.1) is 3.57 Å². The molecule has 94 valence electrons. The van der Waals surface area contributed by atoms with E-state index < -0.39 is 0 Å². The molecule has 5 heteroatoms. The second kappa shape index (κ2) is 5.79. The molecule has 2 aromatic rings. The van der Waals surface area contributed by atoms with Crippen molar-refractivity contribution in [1.29, 1.82) is 0 Å². The molecule has 0 unspecified atom stereocenters. The highest BCUT2D eigenvalue weighted by atomic mass is 127. The number of nitrogen functional groups attached to an aromatic ring is 1. The monoisotopic (exact) mass is 418 g/mol. The number of hydrogen-bond acceptors (Lipinski definition) is 3. The fourth-order valence-corrected chi connectivity index (χ4v) is 2.24. The molecule has 0 aliphatic heterocycles. The molecule has 0 radical (unpaired) electrons. The lowest BCUT2D eigenvalue weighted by atomic mass is 10.2. The van der Waals surface area contributed by atoms with Crippen LogP contribution in [-0.4, -0.2) is 7.11 Å². The Morgan fingerprint density at radius 1 is 1.17 bits per heavy atom. The van der Waals surface area contributed by atoms with Crippen molar-refractivity contribution in [2.45, 2.75) is 0 Å². The number of nitrogens with two attached hydrogens (primary N) is 1. The lowest BCUT2D eigenvalue weighted by molar-refractivity contribution is 0.417. The highest BCUT2D eigenvalue weighted by Gasteiger charge is 2.03. The highest BCUT2D eigenvalue weighted by Crippen LogP contribution is 2.29. The van der Waals surface area contributed by atoms with Crippen molar-refractivity contribution in [1.82, 2.24) is 0 Å². The fourth-order valence-electron chi connectivity index (χ4n) is 1.53. The largest absolute Gasteiger partial charge is 0.495 e. The summed E-state index contributed by atoms with van der Waals surface area (Å²) in [5, 5.41) is 3.30. The van der Waals surface area contributed by atoms with Crippen LogP contribution in [0.4, 0.5) is 17.1 Å². The molecule has 0 saturated carbocycles. The van der Waals surface area contributed by atoms with Crippen LogP contribution < -0.4 is 15.8 Å². The first-order valence-electron chi connectivity index (χ1n) is 5.26. The standard InChI is InChI=1S/C13H12BrIN2O/c1-18-13-7-9(3-5-12(13)16)17-8-2-4-11(15)10(14)6-8/h2-7,17H,16H2,1H3. The van der Waals surface area contributed by atoms with Crippen molar-refractivity contribution in [3.8, 4) is 5.75 Å². The molecule has 0 bridgehead atoms. The van der Waals surface area contributed by atoms with Crippen LogP contribution in [0.25, 0.3) is 0 Å². The number of nitrogens with one attached hydrogen (secondary N) is 1. The van der Waals surface area contributed by atoms with Crippen LogP contribution >= 0.6 is 38.5 Å². The van der Waals surface area contributed by atoms with E-state index in [1.54, 1.807) is 7.11 Å². The summed E-state index contributed by atoms with van der Waals surface area (Å²) in [5.41, 5.74) is 8.35. The Bertz CT molecular complexity index is 575. The minimum Gasteiger partial charge on any atom is -0.495 e. The molecule has 3 N–H and O–H groups in total. The molecule has 2 aromatic carbocycles. The second-order valence-corrected chi connectivity index (χ2v) is 5.73. The lowest BCUT2D eigenvalue weighted by Gasteiger charge is -2.10. The number of benzene rings is 2. The normalized spacial score (nSPS) is 10.2. The fraction of sp³-hybridized carbons (Fsp3) is 0.0769. The van der Waals surface area contributed by atoms with E-state index in [1.807, 2.05) is 36.4 Å². The minimum absolute atomic E-state index is 0.631. The number of methoxy groups -OCH3 is 1. The molecular weight excluding hydrogens is 407 g/mol. The van der Waals surface area contributed by atoms with Crippen LogP contribution in [0.3, 0.4) is 0 Å². The van der Waals surface area contributed by atoms with Gasteiger partial charge in [0.25, 0.3) is 0 Å². The topological polar surface area (TPSA) is 47.3 Å². The van der Waals surface area contributed by atoms with Crippen molar-refractivity contribution in [2.75, 3.05) is 18.2 Å². The van der Waals surface area contributed by atoms with Gasteiger partial charge in [-0.2, -0.15) is 0 Å². The van der Waals surface area contributed by atoms with Gasteiger partial charge in [-0.1, -0.05) is 0 Å². The Morgan fingerprint density at radius 3 is 2.50 bits per heavy atom. The van der Waals surface area contributed by atoms with Crippen LogP contribution in [0.15, 0.2) is 40.9 Å². The molecule has 0 aliphatic carbocycles. The van der Waals surface area contributed by atoms with E-state index in [1.165, 1.54) is 3.57 Å². The summed E-state index contributed by atoms with van der Waals surface area (Å²) in [4.78, 5) is 0. The van der Waals surface area contributed by atoms with Gasteiger partial charge in [-0.25, -0.2) is 0 Å². The summed E-state index contributed by atoms with van der Waals surface area (Å²) in [6, 6.07) is 11.7. The lowest BCUT2D eigenvalue weighted by Crippen LogP contribution is -1.95. The van der Waals surface area contributed by atoms with Gasteiger partial charge in [0.1, 0.15) is 5.75 Å². The molecule has 0 fully saturated rings. The van der Waals surface area contributed by atoms with E-state index in [-0.39, 0.29) is 0 Å². The maximum atomic E-state index is 5.78. The zero-order valence-electron chi connectivity index (χ0n) is 9.71. The van der Waals surface area contributed by atoms with Gasteiger partial charge >= 0.3 is 0 Å². The maximum Gasteiger partial charge on any atom is 0.143 e. The van der Waals surface area contributed by atoms with Gasteiger partial charge in [0.05, 0.1) is 12.8 Å².